The van der Waals surface area contributed by atoms with E-state index in [4.69, 9.17) is 0 Å². The average molecular weight is 428 g/mol. The number of hydrogen-bond acceptors (Lipinski definition) is 3. The van der Waals surface area contributed by atoms with Crippen molar-refractivity contribution in [1.29, 1.82) is 0 Å². The zero-order chi connectivity index (χ0) is 15.8. The smallest absolute Gasteiger partial charge is 0.120 e. The van der Waals surface area contributed by atoms with Crippen molar-refractivity contribution in [3.05, 3.63) is 27.2 Å². The molecule has 1 heterocycles. The van der Waals surface area contributed by atoms with E-state index in [9.17, 15) is 5.11 Å². The molecule has 1 saturated heterocycles. The number of benzene rings is 1. The number of rotatable bonds is 2. The first-order valence-electron chi connectivity index (χ1n) is 7.67. The lowest BCUT2D eigenvalue weighted by Crippen LogP contribution is -2.48. The highest BCUT2D eigenvalue weighted by Crippen LogP contribution is 2.45. The van der Waals surface area contributed by atoms with Crippen LogP contribution in [0.4, 0.5) is 0 Å². The third-order valence-corrected chi connectivity index (χ3v) is 5.54. The van der Waals surface area contributed by atoms with Crippen LogP contribution < -0.4 is 5.32 Å². The molecule has 1 aromatic rings. The van der Waals surface area contributed by atoms with Crippen molar-refractivity contribution >= 4 is 40.7 Å². The largest absolute Gasteiger partial charge is 0.508 e. The molecular weight excluding hydrogens is 399 g/mol. The molecular formula is C17H29BrCl2N2O. The maximum Gasteiger partial charge on any atom is 0.120 e. The number of aromatic hydroxyl groups is 1. The highest BCUT2D eigenvalue weighted by Gasteiger charge is 2.35. The Labute approximate surface area is 161 Å². The van der Waals surface area contributed by atoms with Crippen molar-refractivity contribution < 1.29 is 5.11 Å². The molecule has 0 amide bonds. The summed E-state index contributed by atoms with van der Waals surface area (Å²) >= 11 is 3.68. The van der Waals surface area contributed by atoms with Crippen LogP contribution in [0.15, 0.2) is 10.5 Å². The van der Waals surface area contributed by atoms with E-state index < -0.39 is 0 Å². The Bertz CT molecular complexity index is 526. The number of hydrogen-bond donors (Lipinski definition) is 2. The van der Waals surface area contributed by atoms with Crippen LogP contribution in [-0.2, 0) is 0 Å². The van der Waals surface area contributed by atoms with E-state index in [0.29, 0.717) is 5.75 Å². The van der Waals surface area contributed by atoms with Crippen LogP contribution >= 0.6 is 40.7 Å². The Morgan fingerprint density at radius 1 is 1.17 bits per heavy atom. The molecule has 0 aliphatic carbocycles. The van der Waals surface area contributed by atoms with Gasteiger partial charge in [-0.25, -0.2) is 0 Å². The number of piperazine rings is 1. The fraction of sp³-hybridized carbons (Fsp3) is 0.647. The molecule has 0 spiro atoms. The van der Waals surface area contributed by atoms with Gasteiger partial charge in [0.05, 0.1) is 0 Å². The predicted molar refractivity (Wildman–Crippen MR) is 106 cm³/mol. The highest BCUT2D eigenvalue weighted by atomic mass is 79.9. The van der Waals surface area contributed by atoms with E-state index >= 15 is 0 Å². The van der Waals surface area contributed by atoms with Gasteiger partial charge in [-0.05, 0) is 36.5 Å². The molecule has 2 rings (SSSR count). The van der Waals surface area contributed by atoms with Crippen LogP contribution in [0.1, 0.15) is 43.5 Å². The summed E-state index contributed by atoms with van der Waals surface area (Å²) in [6.07, 6.45) is 0. The molecule has 0 bridgehead atoms. The molecule has 0 aromatic heterocycles. The highest BCUT2D eigenvalue weighted by molar-refractivity contribution is 9.10. The summed E-state index contributed by atoms with van der Waals surface area (Å²) in [5.74, 6) is 0.423. The number of aryl methyl sites for hydroxylation is 1. The fourth-order valence-electron chi connectivity index (χ4n) is 3.40. The van der Waals surface area contributed by atoms with Crippen molar-refractivity contribution in [1.82, 2.24) is 10.2 Å². The van der Waals surface area contributed by atoms with Gasteiger partial charge in [-0.2, -0.15) is 0 Å². The van der Waals surface area contributed by atoms with Crippen molar-refractivity contribution in [2.24, 2.45) is 5.41 Å². The van der Waals surface area contributed by atoms with Gasteiger partial charge >= 0.3 is 0 Å². The summed E-state index contributed by atoms with van der Waals surface area (Å²) in [5.41, 5.74) is 3.38. The zero-order valence-electron chi connectivity index (χ0n) is 14.6. The first kappa shape index (κ1) is 23.0. The van der Waals surface area contributed by atoms with Crippen LogP contribution in [0.3, 0.4) is 0 Å². The molecule has 1 aliphatic heterocycles. The average Bonchev–Trinajstić information content (AvgIpc) is 2.40. The second-order valence-corrected chi connectivity index (χ2v) is 7.91. The minimum Gasteiger partial charge on any atom is -0.508 e. The second kappa shape index (κ2) is 8.91. The van der Waals surface area contributed by atoms with Gasteiger partial charge in [-0.1, -0.05) is 36.7 Å². The fourth-order valence-corrected chi connectivity index (χ4v) is 3.73. The van der Waals surface area contributed by atoms with E-state index in [-0.39, 0.29) is 36.3 Å². The van der Waals surface area contributed by atoms with Gasteiger partial charge in [0, 0.05) is 42.3 Å². The Hall–Kier alpha value is -0.000000000000000111. The summed E-state index contributed by atoms with van der Waals surface area (Å²) in [4.78, 5) is 2.50. The van der Waals surface area contributed by atoms with E-state index in [0.717, 1.165) is 47.3 Å². The summed E-state index contributed by atoms with van der Waals surface area (Å²) in [6, 6.07) is 2.10. The van der Waals surface area contributed by atoms with Crippen LogP contribution in [-0.4, -0.2) is 36.2 Å². The van der Waals surface area contributed by atoms with E-state index in [1.165, 1.54) is 0 Å². The summed E-state index contributed by atoms with van der Waals surface area (Å²) < 4.78 is 1.11. The molecule has 1 fully saturated rings. The minimum atomic E-state index is 0. The lowest BCUT2D eigenvalue weighted by atomic mass is 9.78. The molecule has 134 valence electrons. The van der Waals surface area contributed by atoms with Gasteiger partial charge in [-0.15, -0.1) is 24.8 Å². The predicted octanol–water partition coefficient (Wildman–Crippen LogP) is 4.61. The van der Waals surface area contributed by atoms with Crippen LogP contribution in [0.5, 0.6) is 5.75 Å². The number of halogens is 3. The molecule has 1 atom stereocenters. The lowest BCUT2D eigenvalue weighted by Gasteiger charge is -2.43. The van der Waals surface area contributed by atoms with E-state index in [1.54, 1.807) is 0 Å². The van der Waals surface area contributed by atoms with E-state index in [2.05, 4.69) is 53.8 Å². The van der Waals surface area contributed by atoms with Gasteiger partial charge in [0.25, 0.3) is 0 Å². The lowest BCUT2D eigenvalue weighted by molar-refractivity contribution is 0.0837. The first-order valence-corrected chi connectivity index (χ1v) is 8.46. The number of nitrogens with zero attached hydrogens (tertiary/aromatic N) is 1. The maximum atomic E-state index is 10.6. The molecule has 3 nitrogen and oxygen atoms in total. The van der Waals surface area contributed by atoms with Gasteiger partial charge in [0.2, 0.25) is 0 Å². The number of phenols is 1. The standard InChI is InChI=1S/C17H27BrN2O.2ClH/c1-11-10-13(21)14(12(2)15(11)18)16(17(3,4)5)20-8-6-19-7-9-20;;/h10,16,19,21H,6-9H2,1-5H3;2*1H/t16-;;/m0../s1. The molecule has 0 saturated carbocycles. The molecule has 1 aliphatic rings. The normalized spacial score (nSPS) is 17.1. The SMILES string of the molecule is Cc1cc(O)c([C@H](N2CCNCC2)C(C)(C)C)c(C)c1Br.Cl.Cl. The van der Waals surface area contributed by atoms with E-state index in [1.807, 2.05) is 13.0 Å². The zero-order valence-corrected chi connectivity index (χ0v) is 17.8. The third kappa shape index (κ3) is 4.99. The molecule has 2 N–H and O–H groups in total. The third-order valence-electron chi connectivity index (χ3n) is 4.32. The van der Waals surface area contributed by atoms with Crippen molar-refractivity contribution in [3.63, 3.8) is 0 Å². The second-order valence-electron chi connectivity index (χ2n) is 7.12. The monoisotopic (exact) mass is 426 g/mol. The van der Waals surface area contributed by atoms with Gasteiger partial charge in [0.15, 0.2) is 0 Å². The van der Waals surface area contributed by atoms with Crippen LogP contribution in [0, 0.1) is 19.3 Å². The van der Waals surface area contributed by atoms with Crippen molar-refractivity contribution in [2.45, 2.75) is 40.7 Å². The summed E-state index contributed by atoms with van der Waals surface area (Å²) in [7, 11) is 0. The number of nitrogens with one attached hydrogen (secondary N) is 1. The Balaban J connectivity index is 0.00000242. The van der Waals surface area contributed by atoms with Gasteiger partial charge < -0.3 is 10.4 Å². The quantitative estimate of drug-likeness (QED) is 0.723. The Morgan fingerprint density at radius 2 is 1.70 bits per heavy atom. The summed E-state index contributed by atoms with van der Waals surface area (Å²) in [5, 5.41) is 14.0. The molecule has 0 unspecified atom stereocenters. The van der Waals surface area contributed by atoms with Crippen molar-refractivity contribution in [3.8, 4) is 5.75 Å². The first-order chi connectivity index (χ1) is 9.73. The van der Waals surface area contributed by atoms with Gasteiger partial charge in [0.1, 0.15) is 5.75 Å². The summed E-state index contributed by atoms with van der Waals surface area (Å²) in [6.45, 7) is 15.0. The molecule has 0 radical (unpaired) electrons. The minimum absolute atomic E-state index is 0. The number of phenolic OH excluding ortho intramolecular Hbond substituents is 1. The maximum absolute atomic E-state index is 10.6. The Kier molecular flexibility index (Phi) is 8.91. The topological polar surface area (TPSA) is 35.5 Å². The molecule has 23 heavy (non-hydrogen) atoms. The van der Waals surface area contributed by atoms with Crippen LogP contribution in [0.2, 0.25) is 0 Å². The van der Waals surface area contributed by atoms with Crippen molar-refractivity contribution in [2.75, 3.05) is 26.2 Å². The van der Waals surface area contributed by atoms with Gasteiger partial charge in [-0.3, -0.25) is 4.90 Å². The molecule has 6 heteroatoms. The molecule has 1 aromatic carbocycles. The van der Waals surface area contributed by atoms with Crippen LogP contribution in [0.25, 0.3) is 0 Å². The Morgan fingerprint density at radius 3 is 2.17 bits per heavy atom.